The standard InChI is InChI=1S/C29H30N4O3/c1-19-6-5-7-23(31-19)16-21-13-15-30-25(17-21)27(34)32-24-11-10-22-9-8-20(12-14-29(2,3)36)18-26(22)33(4)28(24)35/h5-9,13,15,17-18,24,36H,10-11,16H2,1-4H3,(H,32,34). The van der Waals surface area contributed by atoms with Gasteiger partial charge in [0.2, 0.25) is 5.91 Å². The minimum absolute atomic E-state index is 0.199. The van der Waals surface area contributed by atoms with Crippen LogP contribution in [0.5, 0.6) is 0 Å². The van der Waals surface area contributed by atoms with Gasteiger partial charge in [0.15, 0.2) is 0 Å². The van der Waals surface area contributed by atoms with Crippen molar-refractivity contribution in [3.8, 4) is 11.8 Å². The average molecular weight is 483 g/mol. The van der Waals surface area contributed by atoms with Gasteiger partial charge in [0.1, 0.15) is 17.3 Å². The number of pyridine rings is 2. The normalized spacial score (nSPS) is 15.4. The summed E-state index contributed by atoms with van der Waals surface area (Å²) in [6, 6.07) is 14.5. The number of amides is 2. The zero-order valence-corrected chi connectivity index (χ0v) is 21.0. The third-order valence-corrected chi connectivity index (χ3v) is 5.98. The highest BCUT2D eigenvalue weighted by Gasteiger charge is 2.30. The van der Waals surface area contributed by atoms with E-state index in [0.717, 1.165) is 28.2 Å². The first-order valence-electron chi connectivity index (χ1n) is 11.9. The molecule has 3 heterocycles. The number of carbonyl (C=O) groups is 2. The smallest absolute Gasteiger partial charge is 0.270 e. The van der Waals surface area contributed by atoms with Gasteiger partial charge < -0.3 is 15.3 Å². The fourth-order valence-electron chi connectivity index (χ4n) is 4.15. The predicted molar refractivity (Wildman–Crippen MR) is 139 cm³/mol. The van der Waals surface area contributed by atoms with Crippen LogP contribution in [0, 0.1) is 18.8 Å². The van der Waals surface area contributed by atoms with Crippen molar-refractivity contribution in [2.75, 3.05) is 11.9 Å². The summed E-state index contributed by atoms with van der Waals surface area (Å²) in [6.07, 6.45) is 3.29. The van der Waals surface area contributed by atoms with Gasteiger partial charge in [-0.15, -0.1) is 0 Å². The molecular formula is C29H30N4O3. The van der Waals surface area contributed by atoms with Crippen LogP contribution in [0.15, 0.2) is 54.7 Å². The number of nitrogens with zero attached hydrogens (tertiary/aromatic N) is 3. The molecule has 1 atom stereocenters. The summed E-state index contributed by atoms with van der Waals surface area (Å²) >= 11 is 0. The van der Waals surface area contributed by atoms with E-state index in [-0.39, 0.29) is 17.5 Å². The number of aliphatic hydroxyl groups is 1. The summed E-state index contributed by atoms with van der Waals surface area (Å²) in [7, 11) is 1.70. The van der Waals surface area contributed by atoms with E-state index in [4.69, 9.17) is 0 Å². The zero-order valence-electron chi connectivity index (χ0n) is 21.0. The molecule has 0 fully saturated rings. The number of hydrogen-bond acceptors (Lipinski definition) is 5. The Morgan fingerprint density at radius 3 is 2.78 bits per heavy atom. The summed E-state index contributed by atoms with van der Waals surface area (Å²) in [5.74, 6) is 5.17. The van der Waals surface area contributed by atoms with Crippen LogP contribution in [-0.4, -0.2) is 45.6 Å². The van der Waals surface area contributed by atoms with E-state index in [1.807, 2.05) is 49.4 Å². The van der Waals surface area contributed by atoms with Crippen molar-refractivity contribution in [1.29, 1.82) is 0 Å². The minimum Gasteiger partial charge on any atom is -0.378 e. The van der Waals surface area contributed by atoms with Gasteiger partial charge in [0.25, 0.3) is 5.91 Å². The number of anilines is 1. The third-order valence-electron chi connectivity index (χ3n) is 5.98. The molecule has 2 N–H and O–H groups in total. The molecule has 1 aliphatic rings. The molecular weight excluding hydrogens is 452 g/mol. The summed E-state index contributed by atoms with van der Waals surface area (Å²) in [5, 5.41) is 12.8. The maximum atomic E-state index is 13.2. The van der Waals surface area contributed by atoms with Crippen LogP contribution in [0.25, 0.3) is 0 Å². The number of aromatic nitrogens is 2. The lowest BCUT2D eigenvalue weighted by Gasteiger charge is -2.22. The second-order valence-electron chi connectivity index (χ2n) is 9.61. The number of likely N-dealkylation sites (N-methyl/N-ethyl adjacent to an activating group) is 1. The minimum atomic E-state index is -1.11. The van der Waals surface area contributed by atoms with Crippen LogP contribution < -0.4 is 10.2 Å². The van der Waals surface area contributed by atoms with Crippen molar-refractivity contribution in [1.82, 2.24) is 15.3 Å². The Kier molecular flexibility index (Phi) is 7.18. The highest BCUT2D eigenvalue weighted by Crippen LogP contribution is 2.27. The van der Waals surface area contributed by atoms with Gasteiger partial charge in [-0.1, -0.05) is 24.0 Å². The number of nitrogens with one attached hydrogen (secondary N) is 1. The summed E-state index contributed by atoms with van der Waals surface area (Å²) in [5.41, 5.74) is 4.40. The molecule has 0 spiro atoms. The highest BCUT2D eigenvalue weighted by molar-refractivity contribution is 6.02. The zero-order chi connectivity index (χ0) is 25.9. The van der Waals surface area contributed by atoms with E-state index in [9.17, 15) is 14.7 Å². The molecule has 0 radical (unpaired) electrons. The molecule has 1 aliphatic heterocycles. The molecule has 0 saturated heterocycles. The van der Waals surface area contributed by atoms with Crippen molar-refractivity contribution in [2.24, 2.45) is 0 Å². The quantitative estimate of drug-likeness (QED) is 0.557. The monoisotopic (exact) mass is 482 g/mol. The van der Waals surface area contributed by atoms with Crippen LogP contribution in [0.1, 0.15) is 58.8 Å². The van der Waals surface area contributed by atoms with Crippen molar-refractivity contribution < 1.29 is 14.7 Å². The number of fused-ring (bicyclic) bond motifs is 1. The fraction of sp³-hybridized carbons (Fsp3) is 0.310. The van der Waals surface area contributed by atoms with Crippen LogP contribution in [0.2, 0.25) is 0 Å². The average Bonchev–Trinajstić information content (AvgIpc) is 2.94. The highest BCUT2D eigenvalue weighted by atomic mass is 16.3. The molecule has 7 heteroatoms. The maximum Gasteiger partial charge on any atom is 0.270 e. The molecule has 2 amide bonds. The molecule has 1 aromatic carbocycles. The first kappa shape index (κ1) is 25.1. The van der Waals surface area contributed by atoms with Crippen molar-refractivity contribution >= 4 is 17.5 Å². The molecule has 184 valence electrons. The topological polar surface area (TPSA) is 95.4 Å². The Morgan fingerprint density at radius 2 is 2.03 bits per heavy atom. The number of rotatable bonds is 4. The van der Waals surface area contributed by atoms with Crippen LogP contribution in [0.3, 0.4) is 0 Å². The van der Waals surface area contributed by atoms with E-state index < -0.39 is 11.6 Å². The molecule has 4 rings (SSSR count). The Balaban J connectivity index is 1.48. The molecule has 2 aromatic heterocycles. The Morgan fingerprint density at radius 1 is 1.22 bits per heavy atom. The Hall–Kier alpha value is -4.02. The lowest BCUT2D eigenvalue weighted by atomic mass is 10.0. The van der Waals surface area contributed by atoms with Crippen LogP contribution in [-0.2, 0) is 17.6 Å². The molecule has 0 aliphatic carbocycles. The largest absolute Gasteiger partial charge is 0.378 e. The number of aryl methyl sites for hydroxylation is 2. The van der Waals surface area contributed by atoms with Gasteiger partial charge >= 0.3 is 0 Å². The third kappa shape index (κ3) is 6.15. The van der Waals surface area contributed by atoms with Gasteiger partial charge in [-0.05, 0) is 81.1 Å². The second-order valence-corrected chi connectivity index (χ2v) is 9.61. The van der Waals surface area contributed by atoms with Crippen LogP contribution in [0.4, 0.5) is 5.69 Å². The molecule has 3 aromatic rings. The van der Waals surface area contributed by atoms with Crippen molar-refractivity contribution in [3.05, 3.63) is 88.5 Å². The Labute approximate surface area is 211 Å². The maximum absolute atomic E-state index is 13.2. The predicted octanol–water partition coefficient (Wildman–Crippen LogP) is 3.21. The van der Waals surface area contributed by atoms with Gasteiger partial charge in [-0.2, -0.15) is 0 Å². The lowest BCUT2D eigenvalue weighted by Crippen LogP contribution is -2.47. The van der Waals surface area contributed by atoms with Crippen molar-refractivity contribution in [2.45, 2.75) is 51.7 Å². The van der Waals surface area contributed by atoms with Crippen molar-refractivity contribution in [3.63, 3.8) is 0 Å². The number of benzene rings is 1. The number of carbonyl (C=O) groups excluding carboxylic acids is 2. The van der Waals surface area contributed by atoms with E-state index >= 15 is 0 Å². The van der Waals surface area contributed by atoms with Gasteiger partial charge in [-0.25, -0.2) is 0 Å². The van der Waals surface area contributed by atoms with Gasteiger partial charge in [0.05, 0.1) is 0 Å². The first-order chi connectivity index (χ1) is 17.1. The molecule has 0 saturated carbocycles. The summed E-state index contributed by atoms with van der Waals surface area (Å²) in [6.45, 7) is 5.19. The van der Waals surface area contributed by atoms with E-state index in [1.165, 1.54) is 0 Å². The second kappa shape index (κ2) is 10.3. The molecule has 7 nitrogen and oxygen atoms in total. The van der Waals surface area contributed by atoms with Gasteiger partial charge in [-0.3, -0.25) is 19.6 Å². The Bertz CT molecular complexity index is 1360. The lowest BCUT2D eigenvalue weighted by molar-refractivity contribution is -0.120. The van der Waals surface area contributed by atoms with E-state index in [1.54, 1.807) is 38.1 Å². The van der Waals surface area contributed by atoms with Crippen LogP contribution >= 0.6 is 0 Å². The molecule has 1 unspecified atom stereocenters. The van der Waals surface area contributed by atoms with E-state index in [0.29, 0.717) is 24.8 Å². The molecule has 0 bridgehead atoms. The van der Waals surface area contributed by atoms with Gasteiger partial charge in [0, 0.05) is 42.3 Å². The fourth-order valence-corrected chi connectivity index (χ4v) is 4.15. The number of hydrogen-bond donors (Lipinski definition) is 2. The van der Waals surface area contributed by atoms with E-state index in [2.05, 4.69) is 27.1 Å². The molecule has 36 heavy (non-hydrogen) atoms. The summed E-state index contributed by atoms with van der Waals surface area (Å²) < 4.78 is 0. The summed E-state index contributed by atoms with van der Waals surface area (Å²) in [4.78, 5) is 36.6. The first-order valence-corrected chi connectivity index (χ1v) is 11.9. The SMILES string of the molecule is Cc1cccc(Cc2ccnc(C(=O)NC3CCc4ccc(C#CC(C)(C)O)cc4N(C)C3=O)c2)n1.